The number of ether oxygens (including phenoxy) is 1. The number of hydrogen-bond donors (Lipinski definition) is 1. The summed E-state index contributed by atoms with van der Waals surface area (Å²) in [4.78, 5) is 11.9. The molecule has 0 fully saturated rings. The van der Waals surface area contributed by atoms with Gasteiger partial charge in [-0.3, -0.25) is 4.72 Å². The van der Waals surface area contributed by atoms with E-state index in [2.05, 4.69) is 10.8 Å². The van der Waals surface area contributed by atoms with Gasteiger partial charge in [0.2, 0.25) is 10.0 Å². The Bertz CT molecular complexity index is 1220. The third-order valence-corrected chi connectivity index (χ3v) is 6.03. The Morgan fingerprint density at radius 1 is 1.17 bits per heavy atom. The van der Waals surface area contributed by atoms with Crippen LogP contribution in [0.2, 0.25) is 0 Å². The van der Waals surface area contributed by atoms with Gasteiger partial charge in [-0.05, 0) is 43.7 Å². The minimum atomic E-state index is -3.36. The van der Waals surface area contributed by atoms with Crippen molar-refractivity contribution in [2.45, 2.75) is 20.4 Å². The molecule has 0 saturated carbocycles. The maximum atomic E-state index is 11.9. The molecule has 3 rings (SSSR count). The summed E-state index contributed by atoms with van der Waals surface area (Å²) in [7, 11) is -2.04. The first-order chi connectivity index (χ1) is 13.8. The molecule has 8 heteroatoms. The van der Waals surface area contributed by atoms with Crippen LogP contribution in [0.25, 0.3) is 22.2 Å². The molecule has 0 bridgehead atoms. The lowest BCUT2D eigenvalue weighted by atomic mass is 10.0. The normalized spacial score (nSPS) is 11.2. The second kappa shape index (κ2) is 7.97. The van der Waals surface area contributed by atoms with E-state index in [4.69, 9.17) is 4.74 Å². The van der Waals surface area contributed by atoms with Crippen LogP contribution in [-0.2, 0) is 21.3 Å². The number of aryl methyl sites for hydroxylation is 1. The fourth-order valence-electron chi connectivity index (χ4n) is 3.28. The molecule has 0 unspecified atom stereocenters. The maximum Gasteiger partial charge on any atom is 0.337 e. The van der Waals surface area contributed by atoms with Crippen LogP contribution < -0.4 is 4.72 Å². The number of sulfonamides is 1. The molecular formula is C21H21N3O4S. The zero-order valence-electron chi connectivity index (χ0n) is 16.4. The second-order valence-corrected chi connectivity index (χ2v) is 8.40. The van der Waals surface area contributed by atoms with Crippen molar-refractivity contribution >= 4 is 32.6 Å². The van der Waals surface area contributed by atoms with E-state index in [0.29, 0.717) is 23.4 Å². The summed E-state index contributed by atoms with van der Waals surface area (Å²) in [5.74, 6) is -0.455. The highest BCUT2D eigenvalue weighted by Crippen LogP contribution is 2.34. The smallest absolute Gasteiger partial charge is 0.337 e. The highest BCUT2D eigenvalue weighted by molar-refractivity contribution is 7.92. The Labute approximate surface area is 169 Å². The number of nitrogens with one attached hydrogen (secondary N) is 1. The van der Waals surface area contributed by atoms with E-state index in [9.17, 15) is 18.5 Å². The van der Waals surface area contributed by atoms with Crippen molar-refractivity contribution < 1.29 is 17.9 Å². The lowest BCUT2D eigenvalue weighted by Gasteiger charge is -2.11. The third kappa shape index (κ3) is 3.82. The van der Waals surface area contributed by atoms with Gasteiger partial charge >= 0.3 is 5.97 Å². The van der Waals surface area contributed by atoms with Crippen molar-refractivity contribution in [2.24, 2.45) is 0 Å². The van der Waals surface area contributed by atoms with Crippen LogP contribution in [-0.4, -0.2) is 31.8 Å². The molecule has 1 aromatic heterocycles. The molecule has 0 spiro atoms. The van der Waals surface area contributed by atoms with E-state index in [0.717, 1.165) is 22.2 Å². The van der Waals surface area contributed by atoms with Crippen LogP contribution in [0.5, 0.6) is 0 Å². The van der Waals surface area contributed by atoms with Gasteiger partial charge in [0.1, 0.15) is 6.07 Å². The van der Waals surface area contributed by atoms with Gasteiger partial charge in [-0.15, -0.1) is 0 Å². The molecule has 0 aliphatic rings. The summed E-state index contributed by atoms with van der Waals surface area (Å²) < 4.78 is 32.8. The van der Waals surface area contributed by atoms with Crippen molar-refractivity contribution in [3.8, 4) is 17.3 Å². The topological polar surface area (TPSA) is 101 Å². The molecule has 1 N–H and O–H groups in total. The van der Waals surface area contributed by atoms with E-state index in [1.165, 1.54) is 7.11 Å². The minimum absolute atomic E-state index is 0.0140. The Morgan fingerprint density at radius 2 is 1.86 bits per heavy atom. The lowest BCUT2D eigenvalue weighted by Crippen LogP contribution is -2.14. The molecule has 0 atom stereocenters. The van der Waals surface area contributed by atoms with Gasteiger partial charge in [-0.2, -0.15) is 5.26 Å². The fraction of sp³-hybridized carbons (Fsp3) is 0.238. The van der Waals surface area contributed by atoms with Gasteiger partial charge in [-0.25, -0.2) is 13.2 Å². The predicted octanol–water partition coefficient (Wildman–Crippen LogP) is 3.75. The number of benzene rings is 2. The number of aromatic nitrogens is 1. The van der Waals surface area contributed by atoms with Crippen LogP contribution in [0.15, 0.2) is 42.5 Å². The summed E-state index contributed by atoms with van der Waals surface area (Å²) in [5, 5.41) is 10.5. The van der Waals surface area contributed by atoms with Crippen molar-refractivity contribution in [1.82, 2.24) is 4.57 Å². The van der Waals surface area contributed by atoms with Crippen LogP contribution in [0.4, 0.5) is 5.69 Å². The number of methoxy groups -OCH3 is 1. The number of hydrogen-bond acceptors (Lipinski definition) is 5. The van der Waals surface area contributed by atoms with Crippen LogP contribution in [0.3, 0.4) is 0 Å². The summed E-state index contributed by atoms with van der Waals surface area (Å²) in [5.41, 5.74) is 3.63. The number of rotatable bonds is 6. The van der Waals surface area contributed by atoms with E-state index in [1.54, 1.807) is 49.4 Å². The molecule has 150 valence electrons. The Morgan fingerprint density at radius 3 is 2.41 bits per heavy atom. The van der Waals surface area contributed by atoms with Gasteiger partial charge in [0, 0.05) is 17.6 Å². The van der Waals surface area contributed by atoms with Gasteiger partial charge in [0.05, 0.1) is 35.2 Å². The minimum Gasteiger partial charge on any atom is -0.465 e. The highest BCUT2D eigenvalue weighted by Gasteiger charge is 2.19. The molecule has 2 aromatic carbocycles. The summed E-state index contributed by atoms with van der Waals surface area (Å²) >= 11 is 0. The van der Waals surface area contributed by atoms with Crippen LogP contribution in [0.1, 0.15) is 29.8 Å². The quantitative estimate of drug-likeness (QED) is 0.623. The van der Waals surface area contributed by atoms with E-state index >= 15 is 0 Å². The summed E-state index contributed by atoms with van der Waals surface area (Å²) in [6, 6.07) is 14.3. The average Bonchev–Trinajstić information content (AvgIpc) is 3.06. The zero-order chi connectivity index (χ0) is 21.2. The Kier molecular flexibility index (Phi) is 5.62. The second-order valence-electron chi connectivity index (χ2n) is 6.39. The molecule has 1 heterocycles. The number of esters is 1. The number of anilines is 1. The van der Waals surface area contributed by atoms with Crippen LogP contribution in [0, 0.1) is 11.3 Å². The fourth-order valence-corrected chi connectivity index (χ4v) is 3.92. The first-order valence-electron chi connectivity index (χ1n) is 9.10. The Hall–Kier alpha value is -3.31. The summed E-state index contributed by atoms with van der Waals surface area (Å²) in [6.45, 7) is 4.11. The molecule has 0 aliphatic heterocycles. The van der Waals surface area contributed by atoms with Gasteiger partial charge < -0.3 is 9.30 Å². The van der Waals surface area contributed by atoms with Gasteiger partial charge in [0.25, 0.3) is 0 Å². The number of nitriles is 1. The van der Waals surface area contributed by atoms with Crippen molar-refractivity contribution in [2.75, 3.05) is 17.6 Å². The molecular weight excluding hydrogens is 390 g/mol. The largest absolute Gasteiger partial charge is 0.465 e. The standard InChI is InChI=1S/C21H21N3O4S/c1-4-24-19-12-15(21(25)28-3)8-11-17(19)18(13-22)20(24)14-6-9-16(10-7-14)23-29(26,27)5-2/h6-12,23H,4-5H2,1-3H3. The number of nitrogens with zero attached hydrogens (tertiary/aromatic N) is 2. The third-order valence-electron chi connectivity index (χ3n) is 4.73. The molecule has 3 aromatic rings. The average molecular weight is 411 g/mol. The van der Waals surface area contributed by atoms with Gasteiger partial charge in [0.15, 0.2) is 0 Å². The van der Waals surface area contributed by atoms with E-state index in [-0.39, 0.29) is 5.75 Å². The number of carbonyl (C=O) groups excluding carboxylic acids is 1. The SMILES string of the molecule is CCn1c(-c2ccc(NS(=O)(=O)CC)cc2)c(C#N)c2ccc(C(=O)OC)cc21. The Balaban J connectivity index is 2.16. The summed E-state index contributed by atoms with van der Waals surface area (Å²) in [6.07, 6.45) is 0. The van der Waals surface area contributed by atoms with Crippen molar-refractivity contribution in [3.05, 3.63) is 53.6 Å². The van der Waals surface area contributed by atoms with Crippen molar-refractivity contribution in [1.29, 1.82) is 5.26 Å². The van der Waals surface area contributed by atoms with Crippen LogP contribution >= 0.6 is 0 Å². The molecule has 0 amide bonds. The maximum absolute atomic E-state index is 11.9. The zero-order valence-corrected chi connectivity index (χ0v) is 17.2. The van der Waals surface area contributed by atoms with E-state index in [1.807, 2.05) is 11.5 Å². The number of fused-ring (bicyclic) bond motifs is 1. The molecule has 0 radical (unpaired) electrons. The number of carbonyl (C=O) groups is 1. The lowest BCUT2D eigenvalue weighted by molar-refractivity contribution is 0.0601. The van der Waals surface area contributed by atoms with Crippen molar-refractivity contribution in [3.63, 3.8) is 0 Å². The molecule has 0 aliphatic carbocycles. The monoisotopic (exact) mass is 411 g/mol. The first kappa shape index (κ1) is 20.4. The van der Waals surface area contributed by atoms with E-state index < -0.39 is 16.0 Å². The first-order valence-corrected chi connectivity index (χ1v) is 10.8. The predicted molar refractivity (Wildman–Crippen MR) is 112 cm³/mol. The molecule has 0 saturated heterocycles. The van der Waals surface area contributed by atoms with Gasteiger partial charge in [-0.1, -0.05) is 18.2 Å². The molecule has 7 nitrogen and oxygen atoms in total. The highest BCUT2D eigenvalue weighted by atomic mass is 32.2. The molecule has 29 heavy (non-hydrogen) atoms.